The van der Waals surface area contributed by atoms with Crippen molar-refractivity contribution in [3.63, 3.8) is 0 Å². The summed E-state index contributed by atoms with van der Waals surface area (Å²) in [6.45, 7) is 2.89. The largest absolute Gasteiger partial charge is 0.370 e. The molecule has 1 amide bonds. The Kier molecular flexibility index (Phi) is 6.47. The first-order valence-corrected chi connectivity index (χ1v) is 9.32. The topological polar surface area (TPSA) is 126 Å². The number of hydrogen-bond acceptors (Lipinski definition) is 3. The summed E-state index contributed by atoms with van der Waals surface area (Å²) in [5.74, 6) is -0.0873. The molecule has 150 valence electrons. The molecule has 8 nitrogen and oxygen atoms in total. The van der Waals surface area contributed by atoms with E-state index in [2.05, 4.69) is 14.9 Å². The van der Waals surface area contributed by atoms with E-state index in [-0.39, 0.29) is 17.8 Å². The summed E-state index contributed by atoms with van der Waals surface area (Å²) in [7, 11) is 0. The van der Waals surface area contributed by atoms with Crippen molar-refractivity contribution in [1.82, 2.24) is 4.90 Å². The summed E-state index contributed by atoms with van der Waals surface area (Å²) in [5.41, 5.74) is 18.9. The third-order valence-corrected chi connectivity index (χ3v) is 4.51. The molecule has 0 aliphatic carbocycles. The lowest BCUT2D eigenvalue weighted by atomic mass is 10.2. The maximum absolute atomic E-state index is 12.4. The molecule has 0 aromatic heterocycles. The van der Waals surface area contributed by atoms with Crippen LogP contribution in [0.25, 0.3) is 6.08 Å². The Bertz CT molecular complexity index is 908. The van der Waals surface area contributed by atoms with Crippen LogP contribution >= 0.6 is 0 Å². The summed E-state index contributed by atoms with van der Waals surface area (Å²) < 4.78 is 0. The molecule has 3 rings (SSSR count). The van der Waals surface area contributed by atoms with Crippen LogP contribution in [0.4, 0.5) is 11.4 Å². The van der Waals surface area contributed by atoms with Gasteiger partial charge < -0.3 is 27.0 Å². The van der Waals surface area contributed by atoms with Gasteiger partial charge in [-0.25, -0.2) is 4.99 Å². The first-order valence-electron chi connectivity index (χ1n) is 9.32. The molecule has 1 fully saturated rings. The molecule has 1 heterocycles. The number of piperazine rings is 1. The highest BCUT2D eigenvalue weighted by molar-refractivity contribution is 5.93. The molecule has 6 N–H and O–H groups in total. The smallest absolute Gasteiger partial charge is 0.246 e. The minimum atomic E-state index is -0.131. The molecule has 1 aliphatic rings. The number of benzene rings is 2. The second-order valence-electron chi connectivity index (χ2n) is 6.58. The quantitative estimate of drug-likeness (QED) is 0.411. The number of nitrogens with zero attached hydrogens (tertiary/aromatic N) is 4. The molecule has 0 spiro atoms. The average Bonchev–Trinajstić information content (AvgIpc) is 2.73. The van der Waals surface area contributed by atoms with Crippen LogP contribution < -0.4 is 22.1 Å². The first-order chi connectivity index (χ1) is 14.0. The normalized spacial score (nSPS) is 14.8. The van der Waals surface area contributed by atoms with E-state index in [1.807, 2.05) is 65.6 Å². The van der Waals surface area contributed by atoms with E-state index in [0.29, 0.717) is 18.8 Å². The van der Waals surface area contributed by atoms with E-state index in [1.165, 1.54) is 0 Å². The fraction of sp³-hybridized carbons (Fsp3) is 0.190. The lowest BCUT2D eigenvalue weighted by molar-refractivity contribution is -0.126. The summed E-state index contributed by atoms with van der Waals surface area (Å²) >= 11 is 0. The van der Waals surface area contributed by atoms with Crippen molar-refractivity contribution in [1.29, 1.82) is 0 Å². The van der Waals surface area contributed by atoms with Gasteiger partial charge in [0.05, 0.1) is 5.69 Å². The van der Waals surface area contributed by atoms with Crippen LogP contribution in [0.15, 0.2) is 70.7 Å². The van der Waals surface area contributed by atoms with Crippen molar-refractivity contribution in [3.05, 3.63) is 66.2 Å². The molecular weight excluding hydrogens is 366 g/mol. The zero-order valence-electron chi connectivity index (χ0n) is 16.1. The minimum absolute atomic E-state index is 0.00781. The van der Waals surface area contributed by atoms with Gasteiger partial charge in [0.1, 0.15) is 0 Å². The van der Waals surface area contributed by atoms with Gasteiger partial charge in [-0.3, -0.25) is 4.79 Å². The van der Waals surface area contributed by atoms with Crippen molar-refractivity contribution in [2.75, 3.05) is 31.1 Å². The molecule has 1 saturated heterocycles. The van der Waals surface area contributed by atoms with Crippen LogP contribution in [0.2, 0.25) is 0 Å². The molecule has 0 bridgehead atoms. The molecule has 0 atom stereocenters. The van der Waals surface area contributed by atoms with Crippen molar-refractivity contribution in [2.24, 2.45) is 27.2 Å². The van der Waals surface area contributed by atoms with E-state index in [4.69, 9.17) is 17.2 Å². The number of aliphatic imine (C=N–C) groups is 2. The standard InChI is InChI=1S/C21H25N7O/c22-20(23)26-21(24)25-17-7-9-18(10-8-17)27-12-14-28(15-13-27)19(29)11-6-16-4-2-1-3-5-16/h1-11H,12-15H2,(H6,22,23,24,25,26). The van der Waals surface area contributed by atoms with Gasteiger partial charge in [0.25, 0.3) is 0 Å². The molecule has 0 saturated carbocycles. The van der Waals surface area contributed by atoms with Crippen molar-refractivity contribution < 1.29 is 4.79 Å². The Balaban J connectivity index is 1.54. The third-order valence-electron chi connectivity index (χ3n) is 4.51. The van der Waals surface area contributed by atoms with E-state index in [1.54, 1.807) is 6.08 Å². The summed E-state index contributed by atoms with van der Waals surface area (Å²) in [6.07, 6.45) is 3.49. The van der Waals surface area contributed by atoms with Crippen LogP contribution in [0.5, 0.6) is 0 Å². The van der Waals surface area contributed by atoms with Gasteiger partial charge in [-0.1, -0.05) is 30.3 Å². The highest BCUT2D eigenvalue weighted by atomic mass is 16.2. The SMILES string of the molecule is NC(N)=NC(N)=Nc1ccc(N2CCN(C(=O)C=Cc3ccccc3)CC2)cc1. The van der Waals surface area contributed by atoms with Crippen molar-refractivity contribution >= 4 is 35.3 Å². The fourth-order valence-electron chi connectivity index (χ4n) is 3.05. The van der Waals surface area contributed by atoms with Gasteiger partial charge >= 0.3 is 0 Å². The molecular formula is C21H25N7O. The van der Waals surface area contributed by atoms with Gasteiger partial charge in [-0.15, -0.1) is 0 Å². The van der Waals surface area contributed by atoms with E-state index < -0.39 is 0 Å². The van der Waals surface area contributed by atoms with Crippen LogP contribution in [0, 0.1) is 0 Å². The number of carbonyl (C=O) groups is 1. The number of anilines is 1. The Labute approximate surface area is 170 Å². The summed E-state index contributed by atoms with van der Waals surface area (Å²) in [6, 6.07) is 17.4. The van der Waals surface area contributed by atoms with Crippen molar-refractivity contribution in [3.8, 4) is 0 Å². The minimum Gasteiger partial charge on any atom is -0.370 e. The molecule has 8 heteroatoms. The Morgan fingerprint density at radius 2 is 1.55 bits per heavy atom. The van der Waals surface area contributed by atoms with E-state index in [9.17, 15) is 4.79 Å². The predicted octanol–water partition coefficient (Wildman–Crippen LogP) is 1.27. The van der Waals surface area contributed by atoms with Crippen molar-refractivity contribution in [2.45, 2.75) is 0 Å². The van der Waals surface area contributed by atoms with E-state index in [0.717, 1.165) is 24.3 Å². The summed E-state index contributed by atoms with van der Waals surface area (Å²) in [5, 5.41) is 0. The number of carbonyl (C=O) groups excluding carboxylic acids is 1. The van der Waals surface area contributed by atoms with Crippen LogP contribution in [0.3, 0.4) is 0 Å². The van der Waals surface area contributed by atoms with Crippen LogP contribution in [-0.4, -0.2) is 48.9 Å². The molecule has 0 unspecified atom stereocenters. The number of guanidine groups is 2. The van der Waals surface area contributed by atoms with Gasteiger partial charge in [0.15, 0.2) is 5.96 Å². The maximum atomic E-state index is 12.4. The highest BCUT2D eigenvalue weighted by Gasteiger charge is 2.19. The fourth-order valence-corrected chi connectivity index (χ4v) is 3.05. The van der Waals surface area contributed by atoms with Gasteiger partial charge in [-0.05, 0) is 35.9 Å². The maximum Gasteiger partial charge on any atom is 0.246 e. The second-order valence-corrected chi connectivity index (χ2v) is 6.58. The van der Waals surface area contributed by atoms with Gasteiger partial charge in [0.2, 0.25) is 11.9 Å². The summed E-state index contributed by atoms with van der Waals surface area (Å²) in [4.78, 5) is 24.3. The number of nitrogens with two attached hydrogens (primary N) is 3. The Morgan fingerprint density at radius 3 is 2.17 bits per heavy atom. The number of amides is 1. The van der Waals surface area contributed by atoms with Gasteiger partial charge in [-0.2, -0.15) is 4.99 Å². The van der Waals surface area contributed by atoms with E-state index >= 15 is 0 Å². The number of rotatable bonds is 4. The molecule has 2 aromatic carbocycles. The predicted molar refractivity (Wildman–Crippen MR) is 118 cm³/mol. The monoisotopic (exact) mass is 391 g/mol. The second kappa shape index (κ2) is 9.41. The molecule has 2 aromatic rings. The average molecular weight is 391 g/mol. The van der Waals surface area contributed by atoms with Crippen LogP contribution in [-0.2, 0) is 4.79 Å². The molecule has 1 aliphatic heterocycles. The molecule has 29 heavy (non-hydrogen) atoms. The number of hydrogen-bond donors (Lipinski definition) is 3. The molecule has 0 radical (unpaired) electrons. The lowest BCUT2D eigenvalue weighted by Gasteiger charge is -2.35. The highest BCUT2D eigenvalue weighted by Crippen LogP contribution is 2.21. The lowest BCUT2D eigenvalue weighted by Crippen LogP contribution is -2.48. The zero-order chi connectivity index (χ0) is 20.6. The Morgan fingerprint density at radius 1 is 0.897 bits per heavy atom. The zero-order valence-corrected chi connectivity index (χ0v) is 16.1. The third kappa shape index (κ3) is 5.83. The van der Waals surface area contributed by atoms with Crippen LogP contribution in [0.1, 0.15) is 5.56 Å². The first kappa shape index (κ1) is 19.9. The Hall–Kier alpha value is -3.81. The van der Waals surface area contributed by atoms with Gasteiger partial charge in [0, 0.05) is 37.9 Å².